The van der Waals surface area contributed by atoms with E-state index in [4.69, 9.17) is 0 Å². The number of carbonyl (C=O) groups is 1. The molecule has 140 valence electrons. The first-order chi connectivity index (χ1) is 11.6. The molecule has 5 nitrogen and oxygen atoms in total. The molecule has 1 N–H and O–H groups in total. The first-order valence-electron chi connectivity index (χ1n) is 8.58. The lowest BCUT2D eigenvalue weighted by molar-refractivity contribution is -0.124. The summed E-state index contributed by atoms with van der Waals surface area (Å²) >= 11 is 1.47. The number of amides is 1. The van der Waals surface area contributed by atoms with E-state index in [1.54, 1.807) is 12.1 Å². The Morgan fingerprint density at radius 2 is 1.92 bits per heavy atom. The van der Waals surface area contributed by atoms with Crippen LogP contribution in [0.2, 0.25) is 0 Å². The number of rotatable bonds is 5. The van der Waals surface area contributed by atoms with Crippen molar-refractivity contribution in [2.45, 2.75) is 63.4 Å². The van der Waals surface area contributed by atoms with E-state index in [0.717, 1.165) is 12.0 Å². The second-order valence-corrected chi connectivity index (χ2v) is 10.4. The fourth-order valence-corrected chi connectivity index (χ4v) is 5.72. The minimum Gasteiger partial charge on any atom is -0.352 e. The van der Waals surface area contributed by atoms with Gasteiger partial charge in [0.05, 0.1) is 10.8 Å². The summed E-state index contributed by atoms with van der Waals surface area (Å²) in [7, 11) is -3.69. The highest BCUT2D eigenvalue weighted by molar-refractivity contribution is 8.00. The molecular formula is C18H28N2O3S2. The molecule has 0 bridgehead atoms. The van der Waals surface area contributed by atoms with Gasteiger partial charge in [-0.05, 0) is 36.5 Å². The summed E-state index contributed by atoms with van der Waals surface area (Å²) in [5.41, 5.74) is 1.04. The molecule has 25 heavy (non-hydrogen) atoms. The van der Waals surface area contributed by atoms with Gasteiger partial charge in [-0.15, -0.1) is 11.8 Å². The Balaban J connectivity index is 2.24. The number of thioether (sulfide) groups is 1. The molecule has 1 saturated heterocycles. The highest BCUT2D eigenvalue weighted by Crippen LogP contribution is 2.30. The molecular weight excluding hydrogens is 356 g/mol. The normalized spacial score (nSPS) is 20.4. The van der Waals surface area contributed by atoms with Crippen LogP contribution in [0.4, 0.5) is 0 Å². The van der Waals surface area contributed by atoms with Gasteiger partial charge in [-0.2, -0.15) is 4.31 Å². The van der Waals surface area contributed by atoms with Crippen LogP contribution in [-0.2, 0) is 20.2 Å². The lowest BCUT2D eigenvalue weighted by Gasteiger charge is -2.24. The summed E-state index contributed by atoms with van der Waals surface area (Å²) in [6, 6.07) is 6.37. The number of hydrogen-bond donors (Lipinski definition) is 1. The van der Waals surface area contributed by atoms with E-state index >= 15 is 0 Å². The number of sulfonamides is 1. The van der Waals surface area contributed by atoms with E-state index in [-0.39, 0.29) is 22.3 Å². The minimum absolute atomic E-state index is 0.0359. The Kier molecular flexibility index (Phi) is 6.22. The van der Waals surface area contributed by atoms with E-state index in [1.165, 1.54) is 16.1 Å². The molecule has 2 atom stereocenters. The predicted molar refractivity (Wildman–Crippen MR) is 103 cm³/mol. The molecule has 1 aliphatic heterocycles. The molecule has 2 rings (SSSR count). The second kappa shape index (κ2) is 7.68. The summed E-state index contributed by atoms with van der Waals surface area (Å²) in [6.07, 6.45) is 0.812. The van der Waals surface area contributed by atoms with Crippen molar-refractivity contribution in [1.29, 1.82) is 0 Å². The average molecular weight is 385 g/mol. The van der Waals surface area contributed by atoms with Crippen molar-refractivity contribution in [2.24, 2.45) is 0 Å². The van der Waals surface area contributed by atoms with Crippen molar-refractivity contribution >= 4 is 27.7 Å². The fourth-order valence-electron chi connectivity index (χ4n) is 2.57. The van der Waals surface area contributed by atoms with Gasteiger partial charge in [0.1, 0.15) is 6.04 Å². The molecule has 0 spiro atoms. The zero-order chi connectivity index (χ0) is 18.8. The number of hydrogen-bond acceptors (Lipinski definition) is 4. The molecule has 2 unspecified atom stereocenters. The molecule has 0 radical (unpaired) electrons. The van der Waals surface area contributed by atoms with Crippen LogP contribution in [0.5, 0.6) is 0 Å². The van der Waals surface area contributed by atoms with Crippen LogP contribution in [-0.4, -0.2) is 42.3 Å². The molecule has 1 aromatic carbocycles. The van der Waals surface area contributed by atoms with Crippen molar-refractivity contribution in [1.82, 2.24) is 9.62 Å². The lowest BCUT2D eigenvalue weighted by Crippen LogP contribution is -2.49. The molecule has 0 aliphatic carbocycles. The van der Waals surface area contributed by atoms with Crippen LogP contribution < -0.4 is 5.32 Å². The molecule has 1 aliphatic rings. The van der Waals surface area contributed by atoms with Crippen molar-refractivity contribution in [3.63, 3.8) is 0 Å². The first kappa shape index (κ1) is 20.3. The quantitative estimate of drug-likeness (QED) is 0.848. The largest absolute Gasteiger partial charge is 0.352 e. The molecule has 7 heteroatoms. The van der Waals surface area contributed by atoms with Crippen molar-refractivity contribution in [3.8, 4) is 0 Å². The van der Waals surface area contributed by atoms with Crippen molar-refractivity contribution in [2.75, 3.05) is 11.6 Å². The molecule has 1 fully saturated rings. The van der Waals surface area contributed by atoms with Crippen LogP contribution in [0, 0.1) is 0 Å². The smallest absolute Gasteiger partial charge is 0.244 e. The third-order valence-electron chi connectivity index (χ3n) is 4.47. The zero-order valence-corrected chi connectivity index (χ0v) is 17.2. The van der Waals surface area contributed by atoms with Crippen LogP contribution >= 0.6 is 11.8 Å². The maximum absolute atomic E-state index is 13.0. The van der Waals surface area contributed by atoms with Gasteiger partial charge in [0.25, 0.3) is 0 Å². The minimum atomic E-state index is -3.69. The van der Waals surface area contributed by atoms with Gasteiger partial charge >= 0.3 is 0 Å². The Labute approximate surface area is 155 Å². The molecule has 0 aromatic heterocycles. The van der Waals surface area contributed by atoms with Crippen molar-refractivity contribution in [3.05, 3.63) is 29.8 Å². The van der Waals surface area contributed by atoms with Gasteiger partial charge in [-0.25, -0.2) is 8.42 Å². The van der Waals surface area contributed by atoms with Gasteiger partial charge in [-0.1, -0.05) is 39.8 Å². The summed E-state index contributed by atoms with van der Waals surface area (Å²) < 4.78 is 27.3. The number of nitrogens with one attached hydrogen (secondary N) is 1. The molecule has 1 heterocycles. The van der Waals surface area contributed by atoms with Gasteiger partial charge in [0.2, 0.25) is 15.9 Å². The Morgan fingerprint density at radius 3 is 2.44 bits per heavy atom. The maximum Gasteiger partial charge on any atom is 0.244 e. The first-order valence-corrected chi connectivity index (χ1v) is 11.2. The van der Waals surface area contributed by atoms with Crippen molar-refractivity contribution < 1.29 is 13.2 Å². The number of nitrogens with zero attached hydrogens (tertiary/aromatic N) is 1. The summed E-state index contributed by atoms with van der Waals surface area (Å²) in [4.78, 5) is 12.7. The number of carbonyl (C=O) groups excluding carboxylic acids is 1. The van der Waals surface area contributed by atoms with Gasteiger partial charge in [-0.3, -0.25) is 4.79 Å². The lowest BCUT2D eigenvalue weighted by atomic mass is 9.87. The molecule has 0 saturated carbocycles. The molecule has 1 aromatic rings. The fraction of sp³-hybridized carbons (Fsp3) is 0.611. The second-order valence-electron chi connectivity index (χ2n) is 7.50. The van der Waals surface area contributed by atoms with Crippen LogP contribution in [0.1, 0.15) is 46.6 Å². The van der Waals surface area contributed by atoms with Gasteiger partial charge in [0.15, 0.2) is 0 Å². The van der Waals surface area contributed by atoms with Crippen LogP contribution in [0.15, 0.2) is 29.2 Å². The Morgan fingerprint density at radius 1 is 1.32 bits per heavy atom. The maximum atomic E-state index is 13.0. The Bertz CT molecular complexity index is 709. The van der Waals surface area contributed by atoms with Crippen LogP contribution in [0.3, 0.4) is 0 Å². The zero-order valence-electron chi connectivity index (χ0n) is 15.6. The molecule has 1 amide bonds. The van der Waals surface area contributed by atoms with E-state index in [9.17, 15) is 13.2 Å². The van der Waals surface area contributed by atoms with E-state index in [2.05, 4.69) is 26.1 Å². The van der Waals surface area contributed by atoms with E-state index in [1.807, 2.05) is 26.0 Å². The average Bonchev–Trinajstić information content (AvgIpc) is 3.04. The third-order valence-corrected chi connectivity index (χ3v) is 7.52. The van der Waals surface area contributed by atoms with Gasteiger partial charge < -0.3 is 5.32 Å². The summed E-state index contributed by atoms with van der Waals surface area (Å²) in [6.45, 7) is 10.2. The van der Waals surface area contributed by atoms with Crippen LogP contribution in [0.25, 0.3) is 0 Å². The monoisotopic (exact) mass is 384 g/mol. The van der Waals surface area contributed by atoms with E-state index < -0.39 is 16.1 Å². The third kappa shape index (κ3) is 4.57. The predicted octanol–water partition coefficient (Wildman–Crippen LogP) is 2.96. The SMILES string of the molecule is CCC(C)NC(=O)C1CSCN1S(=O)(=O)c1ccc(C(C)(C)C)cc1. The summed E-state index contributed by atoms with van der Waals surface area (Å²) in [5.74, 6) is 0.581. The van der Waals surface area contributed by atoms with E-state index in [0.29, 0.717) is 11.6 Å². The Hall–Kier alpha value is -1.05. The topological polar surface area (TPSA) is 66.5 Å². The summed E-state index contributed by atoms with van der Waals surface area (Å²) in [5, 5.41) is 2.90. The standard InChI is InChI=1S/C18H28N2O3S2/c1-6-13(2)19-17(21)16-11-24-12-20(16)25(22,23)15-9-7-14(8-10-15)18(3,4)5/h7-10,13,16H,6,11-12H2,1-5H3,(H,19,21). The van der Waals surface area contributed by atoms with Gasteiger partial charge in [0, 0.05) is 11.8 Å². The number of benzene rings is 1. The highest BCUT2D eigenvalue weighted by atomic mass is 32.2. The highest BCUT2D eigenvalue weighted by Gasteiger charge is 2.40.